The molecular formula is C15H8BrN3O. The largest absolute Gasteiger partial charge is 0.433 e. The third-order valence-electron chi connectivity index (χ3n) is 3.12. The van der Waals surface area contributed by atoms with Gasteiger partial charge in [-0.3, -0.25) is 0 Å². The van der Waals surface area contributed by atoms with Gasteiger partial charge < -0.3 is 4.42 Å². The van der Waals surface area contributed by atoms with E-state index < -0.39 is 0 Å². The van der Waals surface area contributed by atoms with Crippen molar-refractivity contribution in [3.8, 4) is 22.8 Å². The minimum Gasteiger partial charge on any atom is -0.433 e. The molecule has 0 aromatic heterocycles. The Bertz CT molecular complexity index is 870. The second kappa shape index (κ2) is 4.38. The van der Waals surface area contributed by atoms with Gasteiger partial charge in [0.2, 0.25) is 5.82 Å². The van der Waals surface area contributed by atoms with Crippen molar-refractivity contribution < 1.29 is 4.42 Å². The molecule has 96 valence electrons. The number of hydrogen-bond acceptors (Lipinski definition) is 4. The van der Waals surface area contributed by atoms with Gasteiger partial charge in [-0.2, -0.15) is 4.98 Å². The molecular weight excluding hydrogens is 318 g/mol. The van der Waals surface area contributed by atoms with Crippen molar-refractivity contribution in [1.29, 1.82) is 0 Å². The molecule has 0 saturated carbocycles. The van der Waals surface area contributed by atoms with E-state index in [0.717, 1.165) is 21.1 Å². The number of halogens is 1. The molecule has 0 aliphatic carbocycles. The highest BCUT2D eigenvalue weighted by atomic mass is 79.9. The zero-order valence-electron chi connectivity index (χ0n) is 10.2. The summed E-state index contributed by atoms with van der Waals surface area (Å²) in [5, 5.41) is 0. The van der Waals surface area contributed by atoms with Gasteiger partial charge in [-0.15, -0.1) is 0 Å². The predicted octanol–water partition coefficient (Wildman–Crippen LogP) is 4.15. The van der Waals surface area contributed by atoms with E-state index >= 15 is 0 Å². The molecule has 0 atom stereocenters. The molecule has 2 heterocycles. The summed E-state index contributed by atoms with van der Waals surface area (Å²) in [6.45, 7) is 0. The van der Waals surface area contributed by atoms with Crippen molar-refractivity contribution in [2.45, 2.75) is 0 Å². The highest BCUT2D eigenvalue weighted by molar-refractivity contribution is 9.10. The molecule has 0 bridgehead atoms. The second-order valence-corrected chi connectivity index (χ2v) is 5.32. The van der Waals surface area contributed by atoms with Gasteiger partial charge in [-0.25, -0.2) is 9.97 Å². The standard InChI is InChI=1S/C15H8BrN3O/c16-11-4-1-9(2-5-11)10-3-6-12-13(7-10)20-15-14(19-12)17-8-18-15/h1-8H. The lowest BCUT2D eigenvalue weighted by molar-refractivity contribution is 0.596. The molecule has 0 unspecified atom stereocenters. The van der Waals surface area contributed by atoms with E-state index in [9.17, 15) is 0 Å². The number of fused-ring (bicyclic) bond motifs is 2. The van der Waals surface area contributed by atoms with Gasteiger partial charge in [0.25, 0.3) is 5.89 Å². The van der Waals surface area contributed by atoms with Crippen molar-refractivity contribution in [2.75, 3.05) is 0 Å². The molecule has 20 heavy (non-hydrogen) atoms. The van der Waals surface area contributed by atoms with Crippen LogP contribution in [0.3, 0.4) is 0 Å². The van der Waals surface area contributed by atoms with Crippen LogP contribution in [-0.2, 0) is 0 Å². The smallest absolute Gasteiger partial charge is 0.266 e. The SMILES string of the molecule is Brc1ccc(-c2ccc3nc4ncnc-4oc3c2)cc1. The Hall–Kier alpha value is -2.27. The van der Waals surface area contributed by atoms with Gasteiger partial charge in [0, 0.05) is 4.47 Å². The van der Waals surface area contributed by atoms with E-state index in [1.165, 1.54) is 6.33 Å². The molecule has 0 N–H and O–H groups in total. The maximum absolute atomic E-state index is 5.73. The van der Waals surface area contributed by atoms with Crippen LogP contribution in [0, 0.1) is 0 Å². The van der Waals surface area contributed by atoms with Crippen LogP contribution < -0.4 is 0 Å². The van der Waals surface area contributed by atoms with Crippen molar-refractivity contribution in [1.82, 2.24) is 15.0 Å². The lowest BCUT2D eigenvalue weighted by atomic mass is 10.1. The summed E-state index contributed by atoms with van der Waals surface area (Å²) in [5.74, 6) is 0.999. The molecule has 0 amide bonds. The van der Waals surface area contributed by atoms with Crippen LogP contribution in [0.25, 0.3) is 33.9 Å². The topological polar surface area (TPSA) is 51.8 Å². The van der Waals surface area contributed by atoms with Crippen LogP contribution in [0.4, 0.5) is 0 Å². The minimum absolute atomic E-state index is 0.463. The first-order valence-electron chi connectivity index (χ1n) is 6.07. The van der Waals surface area contributed by atoms with Gasteiger partial charge in [-0.1, -0.05) is 34.1 Å². The average Bonchev–Trinajstić information content (AvgIpc) is 2.92. The molecule has 0 spiro atoms. The molecule has 2 aliphatic rings. The summed E-state index contributed by atoms with van der Waals surface area (Å²) < 4.78 is 6.78. The Morgan fingerprint density at radius 1 is 0.900 bits per heavy atom. The van der Waals surface area contributed by atoms with Gasteiger partial charge in [0.15, 0.2) is 5.58 Å². The Labute approximate surface area is 123 Å². The monoisotopic (exact) mass is 325 g/mol. The molecule has 2 aromatic rings. The maximum atomic E-state index is 5.73. The van der Waals surface area contributed by atoms with Gasteiger partial charge in [0.1, 0.15) is 11.8 Å². The van der Waals surface area contributed by atoms with E-state index in [-0.39, 0.29) is 0 Å². The van der Waals surface area contributed by atoms with Crippen molar-refractivity contribution >= 4 is 27.0 Å². The summed E-state index contributed by atoms with van der Waals surface area (Å²) in [4.78, 5) is 12.5. The van der Waals surface area contributed by atoms with Crippen molar-refractivity contribution in [2.24, 2.45) is 0 Å². The minimum atomic E-state index is 0.463. The molecule has 0 fully saturated rings. The molecule has 0 radical (unpaired) electrons. The zero-order valence-corrected chi connectivity index (χ0v) is 11.8. The number of benzene rings is 2. The fourth-order valence-corrected chi connectivity index (χ4v) is 2.39. The van der Waals surface area contributed by atoms with Crippen LogP contribution >= 0.6 is 15.9 Å². The second-order valence-electron chi connectivity index (χ2n) is 4.41. The van der Waals surface area contributed by atoms with E-state index in [1.54, 1.807) is 0 Å². The quantitative estimate of drug-likeness (QED) is 0.527. The van der Waals surface area contributed by atoms with Crippen LogP contribution in [0.1, 0.15) is 0 Å². The number of rotatable bonds is 1. The van der Waals surface area contributed by atoms with Crippen molar-refractivity contribution in [3.63, 3.8) is 0 Å². The van der Waals surface area contributed by atoms with E-state index in [1.807, 2.05) is 30.3 Å². The molecule has 4 nitrogen and oxygen atoms in total. The number of imidazole rings is 1. The van der Waals surface area contributed by atoms with Crippen LogP contribution in [0.2, 0.25) is 0 Å². The zero-order chi connectivity index (χ0) is 13.5. The maximum Gasteiger partial charge on any atom is 0.266 e. The van der Waals surface area contributed by atoms with Gasteiger partial charge >= 0.3 is 0 Å². The van der Waals surface area contributed by atoms with E-state index in [4.69, 9.17) is 4.42 Å². The fraction of sp³-hybridized carbons (Fsp3) is 0. The molecule has 5 heteroatoms. The first-order valence-corrected chi connectivity index (χ1v) is 6.86. The molecule has 2 aliphatic heterocycles. The van der Waals surface area contributed by atoms with Crippen molar-refractivity contribution in [3.05, 3.63) is 53.3 Å². The van der Waals surface area contributed by atoms with Crippen LogP contribution in [0.15, 0.2) is 57.7 Å². The van der Waals surface area contributed by atoms with E-state index in [0.29, 0.717) is 17.3 Å². The van der Waals surface area contributed by atoms with Crippen LogP contribution in [-0.4, -0.2) is 15.0 Å². The molecule has 2 aromatic carbocycles. The van der Waals surface area contributed by atoms with Gasteiger partial charge in [0.05, 0.1) is 0 Å². The Balaban J connectivity index is 1.91. The Morgan fingerprint density at radius 2 is 1.70 bits per heavy atom. The lowest BCUT2D eigenvalue weighted by Gasteiger charge is -2.04. The summed E-state index contributed by atoms with van der Waals surface area (Å²) >= 11 is 3.44. The third-order valence-corrected chi connectivity index (χ3v) is 3.65. The average molecular weight is 326 g/mol. The fourth-order valence-electron chi connectivity index (χ4n) is 2.13. The molecule has 4 rings (SSSR count). The lowest BCUT2D eigenvalue weighted by Crippen LogP contribution is -1.87. The summed E-state index contributed by atoms with van der Waals surface area (Å²) in [5.41, 5.74) is 3.69. The summed E-state index contributed by atoms with van der Waals surface area (Å²) in [6, 6.07) is 14.1. The first-order chi connectivity index (χ1) is 9.79. The predicted molar refractivity (Wildman–Crippen MR) is 79.4 cm³/mol. The number of hydrogen-bond donors (Lipinski definition) is 0. The first kappa shape index (κ1) is 11.5. The Morgan fingerprint density at radius 3 is 2.55 bits per heavy atom. The van der Waals surface area contributed by atoms with E-state index in [2.05, 4.69) is 43.0 Å². The normalized spacial score (nSPS) is 11.2. The Kier molecular flexibility index (Phi) is 2.53. The summed E-state index contributed by atoms with van der Waals surface area (Å²) in [6.07, 6.45) is 1.45. The van der Waals surface area contributed by atoms with Gasteiger partial charge in [-0.05, 0) is 35.4 Å². The highest BCUT2D eigenvalue weighted by Gasteiger charge is 2.12. The molecule has 0 saturated heterocycles. The number of aromatic nitrogens is 3. The summed E-state index contributed by atoms with van der Waals surface area (Å²) in [7, 11) is 0. The third kappa shape index (κ3) is 1.87. The number of nitrogens with zero attached hydrogens (tertiary/aromatic N) is 3. The van der Waals surface area contributed by atoms with Crippen LogP contribution in [0.5, 0.6) is 0 Å². The highest BCUT2D eigenvalue weighted by Crippen LogP contribution is 2.27.